The van der Waals surface area contributed by atoms with Gasteiger partial charge in [-0.05, 0) is 44.0 Å². The lowest BCUT2D eigenvalue weighted by Gasteiger charge is -2.08. The van der Waals surface area contributed by atoms with Crippen LogP contribution in [0.5, 0.6) is 5.75 Å². The minimum absolute atomic E-state index is 0.103. The summed E-state index contributed by atoms with van der Waals surface area (Å²) in [5, 5.41) is 4.28. The molecule has 7 heteroatoms. The molecule has 128 valence electrons. The highest BCUT2D eigenvalue weighted by molar-refractivity contribution is 5.56. The number of halogens is 2. The number of alkyl halides is 1. The van der Waals surface area contributed by atoms with Gasteiger partial charge < -0.3 is 10.5 Å². The second kappa shape index (κ2) is 6.68. The molecule has 0 saturated heterocycles. The van der Waals surface area contributed by atoms with Crippen molar-refractivity contribution in [1.82, 2.24) is 14.8 Å². The molecule has 0 amide bonds. The summed E-state index contributed by atoms with van der Waals surface area (Å²) in [6.07, 6.45) is 1.43. The molecule has 0 unspecified atom stereocenters. The van der Waals surface area contributed by atoms with Crippen LogP contribution in [0.3, 0.4) is 0 Å². The molecule has 0 bridgehead atoms. The SMILES string of the molecule is CCn1nc(C2(F)CC2)nc1-c1ccc(OC/C(=C/F)CN)cc1. The van der Waals surface area contributed by atoms with Crippen molar-refractivity contribution in [3.05, 3.63) is 42.0 Å². The third kappa shape index (κ3) is 3.31. The quantitative estimate of drug-likeness (QED) is 0.845. The monoisotopic (exact) mass is 334 g/mol. The number of benzene rings is 1. The number of hydrogen-bond acceptors (Lipinski definition) is 4. The molecule has 1 fully saturated rings. The molecular formula is C17H20F2N4O. The van der Waals surface area contributed by atoms with Gasteiger partial charge in [0.25, 0.3) is 0 Å². The molecule has 2 aromatic rings. The predicted octanol–water partition coefficient (Wildman–Crippen LogP) is 3.11. The third-order valence-corrected chi connectivity index (χ3v) is 4.01. The molecule has 0 atom stereocenters. The molecule has 0 spiro atoms. The topological polar surface area (TPSA) is 66.0 Å². The minimum atomic E-state index is -1.35. The van der Waals surface area contributed by atoms with Gasteiger partial charge in [-0.25, -0.2) is 18.4 Å². The zero-order chi connectivity index (χ0) is 17.2. The van der Waals surface area contributed by atoms with Crippen LogP contribution >= 0.6 is 0 Å². The Kier molecular flexibility index (Phi) is 4.62. The average molecular weight is 334 g/mol. The molecule has 2 N–H and O–H groups in total. The summed E-state index contributed by atoms with van der Waals surface area (Å²) in [6, 6.07) is 7.18. The maximum atomic E-state index is 14.2. The van der Waals surface area contributed by atoms with Crippen molar-refractivity contribution in [3.63, 3.8) is 0 Å². The summed E-state index contributed by atoms with van der Waals surface area (Å²) in [7, 11) is 0. The van der Waals surface area contributed by atoms with Crippen LogP contribution in [0.25, 0.3) is 11.4 Å². The van der Waals surface area contributed by atoms with Gasteiger partial charge in [0.15, 0.2) is 17.3 Å². The van der Waals surface area contributed by atoms with Crippen molar-refractivity contribution in [2.75, 3.05) is 13.2 Å². The van der Waals surface area contributed by atoms with Gasteiger partial charge in [-0.3, -0.25) is 0 Å². The molecule has 0 aliphatic heterocycles. The first-order valence-corrected chi connectivity index (χ1v) is 7.95. The summed E-state index contributed by atoms with van der Waals surface area (Å²) in [5.74, 6) is 1.49. The van der Waals surface area contributed by atoms with E-state index >= 15 is 0 Å². The molecule has 1 aliphatic carbocycles. The van der Waals surface area contributed by atoms with Gasteiger partial charge in [0, 0.05) is 24.2 Å². The summed E-state index contributed by atoms with van der Waals surface area (Å²) in [5.41, 5.74) is 5.24. The average Bonchev–Trinajstić information content (AvgIpc) is 3.21. The van der Waals surface area contributed by atoms with Crippen LogP contribution < -0.4 is 10.5 Å². The zero-order valence-corrected chi connectivity index (χ0v) is 13.5. The van der Waals surface area contributed by atoms with Crippen LogP contribution in [0.4, 0.5) is 8.78 Å². The molecular weight excluding hydrogens is 314 g/mol. The van der Waals surface area contributed by atoms with E-state index in [-0.39, 0.29) is 19.0 Å². The third-order valence-electron chi connectivity index (χ3n) is 4.01. The van der Waals surface area contributed by atoms with Crippen LogP contribution in [-0.4, -0.2) is 27.9 Å². The summed E-state index contributed by atoms with van der Waals surface area (Å²) < 4.78 is 33.8. The molecule has 1 aliphatic rings. The van der Waals surface area contributed by atoms with Crippen molar-refractivity contribution < 1.29 is 13.5 Å². The van der Waals surface area contributed by atoms with E-state index in [1.807, 2.05) is 19.1 Å². The summed E-state index contributed by atoms with van der Waals surface area (Å²) >= 11 is 0. The maximum Gasteiger partial charge on any atom is 0.188 e. The van der Waals surface area contributed by atoms with E-state index in [1.54, 1.807) is 16.8 Å². The molecule has 0 radical (unpaired) electrons. The first-order chi connectivity index (χ1) is 11.6. The Bertz CT molecular complexity index is 736. The van der Waals surface area contributed by atoms with E-state index in [9.17, 15) is 8.78 Å². The Morgan fingerprint density at radius 1 is 1.38 bits per heavy atom. The fraction of sp³-hybridized carbons (Fsp3) is 0.412. The predicted molar refractivity (Wildman–Crippen MR) is 86.9 cm³/mol. The van der Waals surface area contributed by atoms with E-state index in [4.69, 9.17) is 10.5 Å². The molecule has 1 saturated carbocycles. The number of hydrogen-bond donors (Lipinski definition) is 1. The molecule has 24 heavy (non-hydrogen) atoms. The van der Waals surface area contributed by atoms with E-state index < -0.39 is 5.67 Å². The van der Waals surface area contributed by atoms with Gasteiger partial charge in [0.05, 0.1) is 6.33 Å². The molecule has 1 heterocycles. The number of rotatable bonds is 7. The number of nitrogens with zero attached hydrogens (tertiary/aromatic N) is 3. The van der Waals surface area contributed by atoms with Crippen LogP contribution in [-0.2, 0) is 12.2 Å². The van der Waals surface area contributed by atoms with Gasteiger partial charge in [-0.15, -0.1) is 0 Å². The van der Waals surface area contributed by atoms with Crippen LogP contribution in [0, 0.1) is 0 Å². The molecule has 3 rings (SSSR count). The van der Waals surface area contributed by atoms with Gasteiger partial charge in [0.2, 0.25) is 0 Å². The van der Waals surface area contributed by atoms with E-state index in [2.05, 4.69) is 10.1 Å². The van der Waals surface area contributed by atoms with E-state index in [0.717, 1.165) is 5.56 Å². The Morgan fingerprint density at radius 3 is 2.62 bits per heavy atom. The second-order valence-corrected chi connectivity index (χ2v) is 5.82. The number of ether oxygens (including phenoxy) is 1. The highest BCUT2D eigenvalue weighted by Gasteiger charge is 2.49. The lowest BCUT2D eigenvalue weighted by molar-refractivity contribution is 0.299. The van der Waals surface area contributed by atoms with Crippen LogP contribution in [0.2, 0.25) is 0 Å². The van der Waals surface area contributed by atoms with Crippen molar-refractivity contribution in [2.24, 2.45) is 5.73 Å². The van der Waals surface area contributed by atoms with Gasteiger partial charge in [-0.2, -0.15) is 5.10 Å². The van der Waals surface area contributed by atoms with Crippen LogP contribution in [0.1, 0.15) is 25.6 Å². The van der Waals surface area contributed by atoms with E-state index in [1.165, 1.54) is 0 Å². The van der Waals surface area contributed by atoms with E-state index in [0.29, 0.717) is 42.9 Å². The highest BCUT2D eigenvalue weighted by Crippen LogP contribution is 2.48. The van der Waals surface area contributed by atoms with Crippen LogP contribution in [0.15, 0.2) is 36.2 Å². The standard InChI is InChI=1S/C17H20F2N4O/c1-2-23-15(21-16(22-23)17(19)7-8-17)13-3-5-14(6-4-13)24-11-12(9-18)10-20/h3-6,9H,2,7-8,10-11,20H2,1H3/b12-9+. The van der Waals surface area contributed by atoms with Gasteiger partial charge in [-0.1, -0.05) is 0 Å². The van der Waals surface area contributed by atoms with Crippen molar-refractivity contribution in [2.45, 2.75) is 32.0 Å². The molecule has 1 aromatic carbocycles. The molecule has 1 aromatic heterocycles. The zero-order valence-electron chi connectivity index (χ0n) is 13.5. The Balaban J connectivity index is 1.77. The van der Waals surface area contributed by atoms with Gasteiger partial charge >= 0.3 is 0 Å². The fourth-order valence-electron chi connectivity index (χ4n) is 2.31. The highest BCUT2D eigenvalue weighted by atomic mass is 19.1. The fourth-order valence-corrected chi connectivity index (χ4v) is 2.31. The maximum absolute atomic E-state index is 14.2. The normalized spacial score (nSPS) is 16.2. The van der Waals surface area contributed by atoms with Crippen molar-refractivity contribution in [3.8, 4) is 17.1 Å². The van der Waals surface area contributed by atoms with Crippen molar-refractivity contribution in [1.29, 1.82) is 0 Å². The summed E-state index contributed by atoms with van der Waals surface area (Å²) in [4.78, 5) is 4.38. The lowest BCUT2D eigenvalue weighted by Crippen LogP contribution is -2.10. The Labute approximate surface area is 139 Å². The largest absolute Gasteiger partial charge is 0.489 e. The first kappa shape index (κ1) is 16.6. The summed E-state index contributed by atoms with van der Waals surface area (Å²) in [6.45, 7) is 2.76. The van der Waals surface area contributed by atoms with Gasteiger partial charge in [0.1, 0.15) is 12.4 Å². The number of aryl methyl sites for hydroxylation is 1. The number of nitrogens with two attached hydrogens (primary N) is 1. The lowest BCUT2D eigenvalue weighted by atomic mass is 10.2. The van der Waals surface area contributed by atoms with Crippen molar-refractivity contribution >= 4 is 0 Å². The molecule has 5 nitrogen and oxygen atoms in total. The number of aromatic nitrogens is 3. The second-order valence-electron chi connectivity index (χ2n) is 5.82. The smallest absolute Gasteiger partial charge is 0.188 e. The first-order valence-electron chi connectivity index (χ1n) is 7.95. The Morgan fingerprint density at radius 2 is 2.08 bits per heavy atom. The Hall–Kier alpha value is -2.28. The minimum Gasteiger partial charge on any atom is -0.489 e.